The summed E-state index contributed by atoms with van der Waals surface area (Å²) in [5, 5.41) is 5.64. The van der Waals surface area contributed by atoms with Crippen LogP contribution in [0.2, 0.25) is 0 Å². The Balaban J connectivity index is 1.44. The van der Waals surface area contributed by atoms with Crippen molar-refractivity contribution in [2.45, 2.75) is 32.2 Å². The average Bonchev–Trinajstić information content (AvgIpc) is 3.09. The van der Waals surface area contributed by atoms with Gasteiger partial charge in [-0.3, -0.25) is 14.6 Å². The summed E-state index contributed by atoms with van der Waals surface area (Å²) in [7, 11) is 0. The first kappa shape index (κ1) is 16.2. The fourth-order valence-electron chi connectivity index (χ4n) is 3.00. The van der Waals surface area contributed by atoms with Crippen molar-refractivity contribution in [3.8, 4) is 0 Å². The van der Waals surface area contributed by atoms with Crippen LogP contribution < -0.4 is 10.6 Å². The fourth-order valence-corrected chi connectivity index (χ4v) is 3.00. The van der Waals surface area contributed by atoms with Gasteiger partial charge >= 0.3 is 0 Å². The van der Waals surface area contributed by atoms with Crippen LogP contribution in [0.3, 0.4) is 0 Å². The van der Waals surface area contributed by atoms with Gasteiger partial charge in [0.15, 0.2) is 0 Å². The van der Waals surface area contributed by atoms with Crippen LogP contribution in [0.4, 0.5) is 0 Å². The first-order chi connectivity index (χ1) is 11.7. The molecule has 24 heavy (non-hydrogen) atoms. The predicted molar refractivity (Wildman–Crippen MR) is 91.5 cm³/mol. The molecule has 0 aliphatic heterocycles. The molecule has 1 aliphatic carbocycles. The van der Waals surface area contributed by atoms with E-state index in [1.165, 1.54) is 5.56 Å². The molecule has 2 N–H and O–H groups in total. The van der Waals surface area contributed by atoms with E-state index in [4.69, 9.17) is 0 Å². The molecule has 3 rings (SSSR count). The maximum absolute atomic E-state index is 12.3. The molecule has 5 heteroatoms. The lowest BCUT2D eigenvalue weighted by molar-refractivity contribution is -0.121. The molecular weight excluding hydrogens is 302 g/mol. The van der Waals surface area contributed by atoms with Crippen LogP contribution in [-0.2, 0) is 24.2 Å². The molecule has 0 spiro atoms. The highest BCUT2D eigenvalue weighted by Gasteiger charge is 2.18. The Bertz CT molecular complexity index is 729. The molecule has 2 aromatic rings. The van der Waals surface area contributed by atoms with E-state index in [0.29, 0.717) is 13.1 Å². The SMILES string of the molecule is O=C(CCNC(=O)c1cccc2c1CCC2)NCc1ccccn1. The van der Waals surface area contributed by atoms with Gasteiger partial charge < -0.3 is 10.6 Å². The Morgan fingerprint density at radius 2 is 1.96 bits per heavy atom. The zero-order valence-corrected chi connectivity index (χ0v) is 13.5. The van der Waals surface area contributed by atoms with Gasteiger partial charge in [0.1, 0.15) is 0 Å². The number of hydrogen-bond donors (Lipinski definition) is 2. The minimum absolute atomic E-state index is 0.0914. The number of carbonyl (C=O) groups is 2. The summed E-state index contributed by atoms with van der Waals surface area (Å²) in [6.07, 6.45) is 5.07. The fraction of sp³-hybridized carbons (Fsp3) is 0.316. The summed E-state index contributed by atoms with van der Waals surface area (Å²) in [6, 6.07) is 11.5. The molecule has 0 saturated carbocycles. The summed E-state index contributed by atoms with van der Waals surface area (Å²) in [6.45, 7) is 0.733. The standard InChI is InChI=1S/C19H21N3O2/c23-18(22-13-15-7-1-2-11-20-15)10-12-21-19(24)17-9-4-6-14-5-3-8-16(14)17/h1-2,4,6-7,9,11H,3,5,8,10,12-13H2,(H,21,24)(H,22,23). The van der Waals surface area contributed by atoms with Crippen LogP contribution in [0.1, 0.15) is 40.0 Å². The highest BCUT2D eigenvalue weighted by atomic mass is 16.2. The molecule has 124 valence electrons. The number of fused-ring (bicyclic) bond motifs is 1. The van der Waals surface area contributed by atoms with Crippen molar-refractivity contribution in [3.63, 3.8) is 0 Å². The Morgan fingerprint density at radius 1 is 1.04 bits per heavy atom. The lowest BCUT2D eigenvalue weighted by Gasteiger charge is -2.09. The zero-order chi connectivity index (χ0) is 16.8. The van der Waals surface area contributed by atoms with Crippen LogP contribution in [-0.4, -0.2) is 23.3 Å². The summed E-state index contributed by atoms with van der Waals surface area (Å²) in [5.41, 5.74) is 4.00. The molecule has 1 aromatic carbocycles. The minimum Gasteiger partial charge on any atom is -0.352 e. The average molecular weight is 323 g/mol. The van der Waals surface area contributed by atoms with Gasteiger partial charge in [-0.2, -0.15) is 0 Å². The minimum atomic E-state index is -0.0979. The normalized spacial score (nSPS) is 12.5. The summed E-state index contributed by atoms with van der Waals surface area (Å²) in [4.78, 5) is 28.3. The second-order valence-electron chi connectivity index (χ2n) is 5.90. The largest absolute Gasteiger partial charge is 0.352 e. The molecule has 0 atom stereocenters. The van der Waals surface area contributed by atoms with Crippen molar-refractivity contribution in [3.05, 3.63) is 65.0 Å². The second kappa shape index (κ2) is 7.73. The molecule has 0 radical (unpaired) electrons. The van der Waals surface area contributed by atoms with Gasteiger partial charge in [0.2, 0.25) is 5.91 Å². The molecule has 1 aliphatic rings. The van der Waals surface area contributed by atoms with Crippen molar-refractivity contribution in [1.29, 1.82) is 0 Å². The van der Waals surface area contributed by atoms with Crippen molar-refractivity contribution in [2.75, 3.05) is 6.54 Å². The van der Waals surface area contributed by atoms with Crippen LogP contribution in [0.15, 0.2) is 42.6 Å². The predicted octanol–water partition coefficient (Wildman–Crippen LogP) is 2.01. The Hall–Kier alpha value is -2.69. The third-order valence-electron chi connectivity index (χ3n) is 4.22. The molecule has 1 heterocycles. The van der Waals surface area contributed by atoms with Gasteiger partial charge in [-0.25, -0.2) is 0 Å². The molecule has 0 saturated heterocycles. The van der Waals surface area contributed by atoms with Crippen molar-refractivity contribution in [1.82, 2.24) is 15.6 Å². The van der Waals surface area contributed by atoms with Crippen LogP contribution >= 0.6 is 0 Å². The number of aryl methyl sites for hydroxylation is 1. The van der Waals surface area contributed by atoms with Gasteiger partial charge in [-0.15, -0.1) is 0 Å². The van der Waals surface area contributed by atoms with Gasteiger partial charge in [0.25, 0.3) is 5.91 Å². The number of hydrogen-bond acceptors (Lipinski definition) is 3. The number of rotatable bonds is 6. The summed E-state index contributed by atoms with van der Waals surface area (Å²) in [5.74, 6) is -0.189. The molecule has 0 unspecified atom stereocenters. The van der Waals surface area contributed by atoms with E-state index in [1.807, 2.05) is 30.3 Å². The van der Waals surface area contributed by atoms with Gasteiger partial charge in [-0.05, 0) is 48.6 Å². The lowest BCUT2D eigenvalue weighted by Crippen LogP contribution is -2.31. The number of amides is 2. The van der Waals surface area contributed by atoms with E-state index in [9.17, 15) is 9.59 Å². The number of nitrogens with zero attached hydrogens (tertiary/aromatic N) is 1. The monoisotopic (exact) mass is 323 g/mol. The summed E-state index contributed by atoms with van der Waals surface area (Å²) >= 11 is 0. The van der Waals surface area contributed by atoms with Crippen LogP contribution in [0.25, 0.3) is 0 Å². The second-order valence-corrected chi connectivity index (χ2v) is 5.90. The zero-order valence-electron chi connectivity index (χ0n) is 13.5. The third kappa shape index (κ3) is 3.98. The highest BCUT2D eigenvalue weighted by molar-refractivity contribution is 5.96. The van der Waals surface area contributed by atoms with E-state index in [1.54, 1.807) is 6.20 Å². The molecular formula is C19H21N3O2. The number of benzene rings is 1. The Kier molecular flexibility index (Phi) is 5.21. The number of aromatic nitrogens is 1. The first-order valence-electron chi connectivity index (χ1n) is 8.29. The molecule has 2 amide bonds. The maximum atomic E-state index is 12.3. The van der Waals surface area contributed by atoms with E-state index in [0.717, 1.165) is 36.1 Å². The number of nitrogens with one attached hydrogen (secondary N) is 2. The van der Waals surface area contributed by atoms with Gasteiger partial charge in [-0.1, -0.05) is 18.2 Å². The number of pyridine rings is 1. The van der Waals surface area contributed by atoms with E-state index < -0.39 is 0 Å². The topological polar surface area (TPSA) is 71.1 Å². The van der Waals surface area contributed by atoms with E-state index in [-0.39, 0.29) is 18.2 Å². The third-order valence-corrected chi connectivity index (χ3v) is 4.22. The van der Waals surface area contributed by atoms with Crippen LogP contribution in [0, 0.1) is 0 Å². The van der Waals surface area contributed by atoms with Gasteiger partial charge in [0.05, 0.1) is 12.2 Å². The molecule has 0 bridgehead atoms. The first-order valence-corrected chi connectivity index (χ1v) is 8.29. The smallest absolute Gasteiger partial charge is 0.251 e. The molecule has 1 aromatic heterocycles. The maximum Gasteiger partial charge on any atom is 0.251 e. The number of carbonyl (C=O) groups excluding carboxylic acids is 2. The molecule has 0 fully saturated rings. The Labute approximate surface area is 141 Å². The Morgan fingerprint density at radius 3 is 2.79 bits per heavy atom. The molecule has 5 nitrogen and oxygen atoms in total. The van der Waals surface area contributed by atoms with Crippen molar-refractivity contribution >= 4 is 11.8 Å². The van der Waals surface area contributed by atoms with E-state index in [2.05, 4.69) is 21.7 Å². The van der Waals surface area contributed by atoms with Crippen LogP contribution in [0.5, 0.6) is 0 Å². The summed E-state index contributed by atoms with van der Waals surface area (Å²) < 4.78 is 0. The van der Waals surface area contributed by atoms with Crippen molar-refractivity contribution in [2.24, 2.45) is 0 Å². The van der Waals surface area contributed by atoms with Gasteiger partial charge in [0, 0.05) is 24.7 Å². The van der Waals surface area contributed by atoms with E-state index >= 15 is 0 Å². The quantitative estimate of drug-likeness (QED) is 0.854. The lowest BCUT2D eigenvalue weighted by atomic mass is 10.0. The van der Waals surface area contributed by atoms with Crippen molar-refractivity contribution < 1.29 is 9.59 Å². The highest BCUT2D eigenvalue weighted by Crippen LogP contribution is 2.25.